The zero-order valence-corrected chi connectivity index (χ0v) is 12.5. The van der Waals surface area contributed by atoms with E-state index in [1.54, 1.807) is 19.2 Å². The first-order valence-electron chi connectivity index (χ1n) is 7.00. The lowest BCUT2D eigenvalue weighted by molar-refractivity contribution is 0.0472. The Balaban J connectivity index is 1.75. The van der Waals surface area contributed by atoms with Crippen LogP contribution < -0.4 is 4.74 Å². The lowest BCUT2D eigenvalue weighted by Crippen LogP contribution is -2.05. The van der Waals surface area contributed by atoms with E-state index in [4.69, 9.17) is 9.47 Å². The van der Waals surface area contributed by atoms with Crippen molar-refractivity contribution in [2.75, 3.05) is 7.11 Å². The lowest BCUT2D eigenvalue weighted by Gasteiger charge is -2.07. The van der Waals surface area contributed by atoms with Crippen LogP contribution in [0.2, 0.25) is 0 Å². The minimum Gasteiger partial charge on any atom is -0.497 e. The summed E-state index contributed by atoms with van der Waals surface area (Å²) in [7, 11) is 1.61. The van der Waals surface area contributed by atoms with Gasteiger partial charge >= 0.3 is 5.97 Å². The summed E-state index contributed by atoms with van der Waals surface area (Å²) in [5.74, 6) is -0.170. The van der Waals surface area contributed by atoms with Crippen molar-refractivity contribution in [3.63, 3.8) is 0 Å². The molecule has 0 bridgehead atoms. The smallest absolute Gasteiger partial charge is 0.338 e. The average molecular weight is 311 g/mol. The zero-order valence-electron chi connectivity index (χ0n) is 12.5. The quantitative estimate of drug-likeness (QED) is 0.689. The van der Waals surface area contributed by atoms with Gasteiger partial charge in [-0.3, -0.25) is 4.98 Å². The molecule has 1 heterocycles. The monoisotopic (exact) mass is 311 g/mol. The van der Waals surface area contributed by atoms with Gasteiger partial charge in [-0.15, -0.1) is 0 Å². The molecule has 3 rings (SSSR count). The first kappa shape index (κ1) is 15.0. The number of carbonyl (C=O) groups is 1. The third kappa shape index (κ3) is 3.45. The largest absolute Gasteiger partial charge is 0.497 e. The van der Waals surface area contributed by atoms with Gasteiger partial charge in [0.2, 0.25) is 0 Å². The van der Waals surface area contributed by atoms with Crippen LogP contribution in [0.3, 0.4) is 0 Å². The molecule has 4 nitrogen and oxygen atoms in total. The molecular weight excluding hydrogens is 297 g/mol. The van der Waals surface area contributed by atoms with Gasteiger partial charge in [-0.2, -0.15) is 0 Å². The van der Waals surface area contributed by atoms with Crippen LogP contribution in [0.25, 0.3) is 10.8 Å². The predicted octanol–water partition coefficient (Wildman–Crippen LogP) is 3.74. The van der Waals surface area contributed by atoms with E-state index in [0.29, 0.717) is 11.1 Å². The summed E-state index contributed by atoms with van der Waals surface area (Å²) in [6, 6.07) is 12.2. The highest BCUT2D eigenvalue weighted by atomic mass is 19.1. The van der Waals surface area contributed by atoms with E-state index in [1.165, 1.54) is 12.3 Å². The summed E-state index contributed by atoms with van der Waals surface area (Å²) in [6.07, 6.45) is 2.56. The van der Waals surface area contributed by atoms with Gasteiger partial charge in [-0.25, -0.2) is 9.18 Å². The Morgan fingerprint density at radius 3 is 2.65 bits per heavy atom. The molecular formula is C18H14FNO3. The highest BCUT2D eigenvalue weighted by Gasteiger charge is 2.09. The second kappa shape index (κ2) is 6.44. The standard InChI is InChI=1S/C18H14FNO3/c1-22-17-5-4-13-7-15(3-2-14(13)8-17)18(21)23-11-12-6-16(19)10-20-9-12/h2-10H,11H2,1H3. The summed E-state index contributed by atoms with van der Waals surface area (Å²) in [5.41, 5.74) is 0.941. The minimum atomic E-state index is -0.466. The summed E-state index contributed by atoms with van der Waals surface area (Å²) >= 11 is 0. The molecule has 0 aliphatic carbocycles. The fourth-order valence-electron chi connectivity index (χ4n) is 2.24. The number of benzene rings is 2. The van der Waals surface area contributed by atoms with Crippen LogP contribution in [0.5, 0.6) is 5.75 Å². The number of hydrogen-bond acceptors (Lipinski definition) is 4. The first-order valence-corrected chi connectivity index (χ1v) is 7.00. The number of rotatable bonds is 4. The van der Waals surface area contributed by atoms with Gasteiger partial charge in [-0.1, -0.05) is 12.1 Å². The Kier molecular flexibility index (Phi) is 4.19. The number of hydrogen-bond donors (Lipinski definition) is 0. The Morgan fingerprint density at radius 2 is 1.87 bits per heavy atom. The number of nitrogens with zero attached hydrogens (tertiary/aromatic N) is 1. The first-order chi connectivity index (χ1) is 11.2. The van der Waals surface area contributed by atoms with Crippen LogP contribution in [0.4, 0.5) is 4.39 Å². The highest BCUT2D eigenvalue weighted by Crippen LogP contribution is 2.22. The number of halogens is 1. The average Bonchev–Trinajstić information content (AvgIpc) is 2.58. The van der Waals surface area contributed by atoms with Crippen molar-refractivity contribution in [3.8, 4) is 5.75 Å². The van der Waals surface area contributed by atoms with Gasteiger partial charge in [0, 0.05) is 11.8 Å². The van der Waals surface area contributed by atoms with Crippen LogP contribution in [-0.4, -0.2) is 18.1 Å². The molecule has 23 heavy (non-hydrogen) atoms. The number of fused-ring (bicyclic) bond motifs is 1. The molecule has 0 saturated heterocycles. The third-order valence-electron chi connectivity index (χ3n) is 3.41. The van der Waals surface area contributed by atoms with Gasteiger partial charge in [-0.05, 0) is 41.1 Å². The molecule has 0 aliphatic rings. The lowest BCUT2D eigenvalue weighted by atomic mass is 10.1. The van der Waals surface area contributed by atoms with Gasteiger partial charge in [0.25, 0.3) is 0 Å². The van der Waals surface area contributed by atoms with E-state index in [0.717, 1.165) is 22.7 Å². The molecule has 0 aliphatic heterocycles. The molecule has 3 aromatic rings. The molecule has 5 heteroatoms. The normalized spacial score (nSPS) is 10.5. The van der Waals surface area contributed by atoms with Crippen molar-refractivity contribution in [1.82, 2.24) is 4.98 Å². The maximum Gasteiger partial charge on any atom is 0.338 e. The van der Waals surface area contributed by atoms with Gasteiger partial charge in [0.15, 0.2) is 0 Å². The Labute approximate surface area is 132 Å². The summed E-state index contributed by atoms with van der Waals surface area (Å²) in [5, 5.41) is 1.88. The van der Waals surface area contributed by atoms with Crippen LogP contribution >= 0.6 is 0 Å². The summed E-state index contributed by atoms with van der Waals surface area (Å²) in [6.45, 7) is -0.0236. The SMILES string of the molecule is COc1ccc2cc(C(=O)OCc3cncc(F)c3)ccc2c1. The van der Waals surface area contributed by atoms with E-state index in [-0.39, 0.29) is 6.61 Å². The summed E-state index contributed by atoms with van der Waals surface area (Å²) in [4.78, 5) is 15.8. The van der Waals surface area contributed by atoms with E-state index < -0.39 is 11.8 Å². The molecule has 0 unspecified atom stereocenters. The molecule has 0 atom stereocenters. The molecule has 116 valence electrons. The molecule has 0 amide bonds. The Hall–Kier alpha value is -2.95. The van der Waals surface area contributed by atoms with E-state index in [2.05, 4.69) is 4.98 Å². The Bertz CT molecular complexity index is 864. The van der Waals surface area contributed by atoms with Gasteiger partial charge in [0.1, 0.15) is 18.2 Å². The van der Waals surface area contributed by atoms with Crippen molar-refractivity contribution in [1.29, 1.82) is 0 Å². The van der Waals surface area contributed by atoms with Crippen molar-refractivity contribution >= 4 is 16.7 Å². The molecule has 0 N–H and O–H groups in total. The van der Waals surface area contributed by atoms with Gasteiger partial charge < -0.3 is 9.47 Å². The highest BCUT2D eigenvalue weighted by molar-refractivity contribution is 5.95. The van der Waals surface area contributed by atoms with Crippen LogP contribution in [-0.2, 0) is 11.3 Å². The predicted molar refractivity (Wildman–Crippen MR) is 83.8 cm³/mol. The number of carbonyl (C=O) groups excluding carboxylic acids is 1. The third-order valence-corrected chi connectivity index (χ3v) is 3.41. The number of esters is 1. The van der Waals surface area contributed by atoms with Crippen LogP contribution in [0, 0.1) is 5.82 Å². The molecule has 0 spiro atoms. The summed E-state index contributed by atoms with van der Waals surface area (Å²) < 4.78 is 23.4. The van der Waals surface area contributed by atoms with E-state index in [9.17, 15) is 9.18 Å². The fourth-order valence-corrected chi connectivity index (χ4v) is 2.24. The number of ether oxygens (including phenoxy) is 2. The molecule has 2 aromatic carbocycles. The van der Waals surface area contributed by atoms with Crippen molar-refractivity contribution in [2.24, 2.45) is 0 Å². The second-order valence-corrected chi connectivity index (χ2v) is 5.02. The minimum absolute atomic E-state index is 0.0236. The van der Waals surface area contributed by atoms with E-state index >= 15 is 0 Å². The molecule has 0 radical (unpaired) electrons. The molecule has 1 aromatic heterocycles. The van der Waals surface area contributed by atoms with Crippen molar-refractivity contribution in [2.45, 2.75) is 6.61 Å². The zero-order chi connectivity index (χ0) is 16.2. The maximum absolute atomic E-state index is 13.0. The molecule has 0 fully saturated rings. The van der Waals surface area contributed by atoms with E-state index in [1.807, 2.05) is 24.3 Å². The Morgan fingerprint density at radius 1 is 1.09 bits per heavy atom. The fraction of sp³-hybridized carbons (Fsp3) is 0.111. The van der Waals surface area contributed by atoms with Crippen LogP contribution in [0.15, 0.2) is 54.9 Å². The van der Waals surface area contributed by atoms with Gasteiger partial charge in [0.05, 0.1) is 18.9 Å². The topological polar surface area (TPSA) is 48.4 Å². The van der Waals surface area contributed by atoms with Crippen molar-refractivity contribution in [3.05, 3.63) is 71.8 Å². The van der Waals surface area contributed by atoms with Crippen LogP contribution in [0.1, 0.15) is 15.9 Å². The number of methoxy groups -OCH3 is 1. The number of aromatic nitrogens is 1. The molecule has 0 saturated carbocycles. The number of pyridine rings is 1. The van der Waals surface area contributed by atoms with Crippen molar-refractivity contribution < 1.29 is 18.7 Å². The maximum atomic E-state index is 13.0. The second-order valence-electron chi connectivity index (χ2n) is 5.02.